The number of para-hydroxylation sites is 1. The molecule has 0 spiro atoms. The first-order valence-electron chi connectivity index (χ1n) is 6.69. The van der Waals surface area contributed by atoms with Crippen LogP contribution in [-0.4, -0.2) is 30.6 Å². The maximum absolute atomic E-state index is 8.93. The summed E-state index contributed by atoms with van der Waals surface area (Å²) in [5, 5.41) is 8.93. The number of benzene rings is 1. The van der Waals surface area contributed by atoms with Gasteiger partial charge in [0, 0.05) is 0 Å². The van der Waals surface area contributed by atoms with Crippen LogP contribution in [0.1, 0.15) is 25.7 Å². The normalized spacial score (nSPS) is 17.9. The third kappa shape index (κ3) is 3.75. The van der Waals surface area contributed by atoms with E-state index in [1.165, 1.54) is 19.3 Å². The Balaban J connectivity index is 1.88. The molecular formula is C15H20N2O. The van der Waals surface area contributed by atoms with E-state index in [1.807, 2.05) is 30.3 Å². The number of nitrogens with zero attached hydrogens (tertiary/aromatic N) is 2. The second-order valence-corrected chi connectivity index (χ2v) is 4.74. The highest BCUT2D eigenvalue weighted by molar-refractivity contribution is 5.21. The van der Waals surface area contributed by atoms with Gasteiger partial charge in [0.2, 0.25) is 0 Å². The quantitative estimate of drug-likeness (QED) is 0.799. The van der Waals surface area contributed by atoms with Crippen LogP contribution >= 0.6 is 0 Å². The van der Waals surface area contributed by atoms with Crippen molar-refractivity contribution in [3.8, 4) is 11.8 Å². The molecule has 3 heteroatoms. The molecule has 2 rings (SSSR count). The fourth-order valence-electron chi connectivity index (χ4n) is 2.39. The minimum absolute atomic E-state index is 0.232. The van der Waals surface area contributed by atoms with Crippen LogP contribution in [0.15, 0.2) is 30.3 Å². The minimum atomic E-state index is 0.232. The molecule has 0 saturated carbocycles. The van der Waals surface area contributed by atoms with E-state index in [1.54, 1.807) is 0 Å². The summed E-state index contributed by atoms with van der Waals surface area (Å²) < 4.78 is 5.78. The molecule has 1 aromatic rings. The molecule has 0 aliphatic carbocycles. The summed E-state index contributed by atoms with van der Waals surface area (Å²) in [6.45, 7) is 2.81. The molecule has 1 aliphatic rings. The Hall–Kier alpha value is -1.53. The predicted octanol–water partition coefficient (Wildman–Crippen LogP) is 2.83. The Morgan fingerprint density at radius 2 is 1.89 bits per heavy atom. The molecule has 0 radical (unpaired) electrons. The van der Waals surface area contributed by atoms with Crippen LogP contribution in [0.2, 0.25) is 0 Å². The number of ether oxygens (including phenoxy) is 1. The molecule has 0 N–H and O–H groups in total. The summed E-state index contributed by atoms with van der Waals surface area (Å²) in [6.07, 6.45) is 4.35. The van der Waals surface area contributed by atoms with E-state index in [0.717, 1.165) is 18.8 Å². The molecule has 0 aromatic heterocycles. The summed E-state index contributed by atoms with van der Waals surface area (Å²) in [6, 6.07) is 12.3. The molecule has 1 atom stereocenters. The topological polar surface area (TPSA) is 36.3 Å². The van der Waals surface area contributed by atoms with Crippen molar-refractivity contribution in [3.05, 3.63) is 30.3 Å². The first kappa shape index (κ1) is 12.9. The summed E-state index contributed by atoms with van der Waals surface area (Å²) in [7, 11) is 0. The van der Waals surface area contributed by atoms with Crippen molar-refractivity contribution in [3.63, 3.8) is 0 Å². The number of hydrogen-bond acceptors (Lipinski definition) is 3. The monoisotopic (exact) mass is 244 g/mol. The summed E-state index contributed by atoms with van der Waals surface area (Å²) in [5.41, 5.74) is 0. The van der Waals surface area contributed by atoms with Crippen molar-refractivity contribution in [2.75, 3.05) is 19.7 Å². The zero-order chi connectivity index (χ0) is 12.6. The predicted molar refractivity (Wildman–Crippen MR) is 71.4 cm³/mol. The van der Waals surface area contributed by atoms with E-state index in [2.05, 4.69) is 11.0 Å². The second kappa shape index (κ2) is 7.03. The van der Waals surface area contributed by atoms with Crippen molar-refractivity contribution >= 4 is 0 Å². The molecule has 1 saturated heterocycles. The van der Waals surface area contributed by atoms with Gasteiger partial charge >= 0.3 is 0 Å². The van der Waals surface area contributed by atoms with Crippen LogP contribution in [0.5, 0.6) is 5.75 Å². The summed E-state index contributed by atoms with van der Waals surface area (Å²) >= 11 is 0. The van der Waals surface area contributed by atoms with Gasteiger partial charge in [0.25, 0.3) is 0 Å². The zero-order valence-corrected chi connectivity index (χ0v) is 10.7. The Morgan fingerprint density at radius 3 is 2.56 bits per heavy atom. The smallest absolute Gasteiger partial charge is 0.119 e. The Kier molecular flexibility index (Phi) is 5.04. The third-order valence-electron chi connectivity index (χ3n) is 3.42. The van der Waals surface area contributed by atoms with Crippen LogP contribution in [-0.2, 0) is 0 Å². The van der Waals surface area contributed by atoms with Crippen molar-refractivity contribution in [1.29, 1.82) is 5.26 Å². The molecule has 1 unspecified atom stereocenters. The van der Waals surface area contributed by atoms with Crippen LogP contribution < -0.4 is 4.74 Å². The molecule has 1 heterocycles. The van der Waals surface area contributed by atoms with Crippen molar-refractivity contribution in [2.24, 2.45) is 0 Å². The van der Waals surface area contributed by atoms with E-state index in [9.17, 15) is 0 Å². The lowest BCUT2D eigenvalue weighted by atomic mass is 10.1. The lowest BCUT2D eigenvalue weighted by Crippen LogP contribution is -2.42. The van der Waals surface area contributed by atoms with Crippen LogP contribution in [0.25, 0.3) is 0 Å². The highest BCUT2D eigenvalue weighted by Crippen LogP contribution is 2.16. The number of piperidine rings is 1. The fourth-order valence-corrected chi connectivity index (χ4v) is 2.39. The lowest BCUT2D eigenvalue weighted by Gasteiger charge is -2.33. The van der Waals surface area contributed by atoms with E-state index < -0.39 is 0 Å². The molecular weight excluding hydrogens is 224 g/mol. The van der Waals surface area contributed by atoms with E-state index >= 15 is 0 Å². The first-order valence-corrected chi connectivity index (χ1v) is 6.69. The van der Waals surface area contributed by atoms with E-state index in [-0.39, 0.29) is 6.04 Å². The Bertz CT molecular complexity index is 379. The van der Waals surface area contributed by atoms with Crippen molar-refractivity contribution < 1.29 is 4.74 Å². The maximum Gasteiger partial charge on any atom is 0.119 e. The number of nitriles is 1. The summed E-state index contributed by atoms with van der Waals surface area (Å²) in [4.78, 5) is 2.40. The summed E-state index contributed by atoms with van der Waals surface area (Å²) in [5.74, 6) is 0.887. The largest absolute Gasteiger partial charge is 0.492 e. The number of hydrogen-bond donors (Lipinski definition) is 0. The molecule has 96 valence electrons. The molecule has 1 aliphatic heterocycles. The van der Waals surface area contributed by atoms with Crippen LogP contribution in [0, 0.1) is 11.3 Å². The van der Waals surface area contributed by atoms with Gasteiger partial charge in [0.1, 0.15) is 12.4 Å². The third-order valence-corrected chi connectivity index (χ3v) is 3.42. The van der Waals surface area contributed by atoms with Crippen molar-refractivity contribution in [2.45, 2.75) is 31.7 Å². The average Bonchev–Trinajstić information content (AvgIpc) is 2.45. The van der Waals surface area contributed by atoms with E-state index in [0.29, 0.717) is 13.0 Å². The number of rotatable bonds is 5. The molecule has 1 aromatic carbocycles. The fraction of sp³-hybridized carbons (Fsp3) is 0.533. The standard InChI is InChI=1S/C15H20N2O/c16-10-9-14(17-11-5-2-6-12-17)13-18-15-7-3-1-4-8-15/h1,3-4,7-8,14H,2,5-6,9,11-13H2. The van der Waals surface area contributed by atoms with Gasteiger partial charge in [-0.25, -0.2) is 0 Å². The maximum atomic E-state index is 8.93. The highest BCUT2D eigenvalue weighted by atomic mass is 16.5. The molecule has 0 bridgehead atoms. The molecule has 1 fully saturated rings. The van der Waals surface area contributed by atoms with Gasteiger partial charge in [-0.3, -0.25) is 4.90 Å². The Morgan fingerprint density at radius 1 is 1.17 bits per heavy atom. The molecule has 3 nitrogen and oxygen atoms in total. The highest BCUT2D eigenvalue weighted by Gasteiger charge is 2.20. The Labute approximate surface area is 109 Å². The second-order valence-electron chi connectivity index (χ2n) is 4.74. The minimum Gasteiger partial charge on any atom is -0.492 e. The number of likely N-dealkylation sites (tertiary alicyclic amines) is 1. The van der Waals surface area contributed by atoms with Crippen molar-refractivity contribution in [1.82, 2.24) is 4.90 Å². The molecule has 18 heavy (non-hydrogen) atoms. The van der Waals surface area contributed by atoms with E-state index in [4.69, 9.17) is 10.00 Å². The van der Waals surface area contributed by atoms with Crippen LogP contribution in [0.4, 0.5) is 0 Å². The zero-order valence-electron chi connectivity index (χ0n) is 10.7. The van der Waals surface area contributed by atoms with Gasteiger partial charge < -0.3 is 4.74 Å². The van der Waals surface area contributed by atoms with Gasteiger partial charge in [-0.1, -0.05) is 24.6 Å². The molecule has 0 amide bonds. The van der Waals surface area contributed by atoms with Gasteiger partial charge in [0.05, 0.1) is 18.5 Å². The van der Waals surface area contributed by atoms with Gasteiger partial charge in [-0.15, -0.1) is 0 Å². The van der Waals surface area contributed by atoms with Gasteiger partial charge in [0.15, 0.2) is 0 Å². The van der Waals surface area contributed by atoms with Gasteiger partial charge in [-0.05, 0) is 38.1 Å². The SMILES string of the molecule is N#CCC(COc1ccccc1)N1CCCCC1. The lowest BCUT2D eigenvalue weighted by molar-refractivity contribution is 0.116. The first-order chi connectivity index (χ1) is 8.90. The van der Waals surface area contributed by atoms with Gasteiger partial charge in [-0.2, -0.15) is 5.26 Å². The van der Waals surface area contributed by atoms with Crippen LogP contribution in [0.3, 0.4) is 0 Å². The average molecular weight is 244 g/mol.